The molecule has 0 heterocycles. The van der Waals surface area contributed by atoms with Crippen molar-refractivity contribution in [2.45, 2.75) is 26.2 Å². The van der Waals surface area contributed by atoms with Crippen molar-refractivity contribution in [2.24, 2.45) is 0 Å². The van der Waals surface area contributed by atoms with Crippen LogP contribution in [0.4, 0.5) is 11.4 Å². The lowest BCUT2D eigenvalue weighted by Gasteiger charge is -2.19. The maximum Gasteiger partial charge on any atom is 0.0470 e. The van der Waals surface area contributed by atoms with Gasteiger partial charge in [-0.25, -0.2) is 0 Å². The van der Waals surface area contributed by atoms with Crippen LogP contribution in [0.15, 0.2) is 78.9 Å². The Kier molecular flexibility index (Phi) is 3.73. The van der Waals surface area contributed by atoms with Gasteiger partial charge in [0.25, 0.3) is 0 Å². The molecule has 0 saturated carbocycles. The molecule has 0 unspecified atom stereocenters. The smallest absolute Gasteiger partial charge is 0.0470 e. The molecule has 25 heavy (non-hydrogen) atoms. The summed E-state index contributed by atoms with van der Waals surface area (Å²) in [7, 11) is 0. The van der Waals surface area contributed by atoms with Crippen LogP contribution >= 0.6 is 0 Å². The molecule has 0 radical (unpaired) electrons. The molecular formula is C24H23N. The van der Waals surface area contributed by atoms with Gasteiger partial charge in [0.2, 0.25) is 0 Å². The highest BCUT2D eigenvalue weighted by molar-refractivity contribution is 6.13. The van der Waals surface area contributed by atoms with E-state index in [9.17, 15) is 0 Å². The van der Waals surface area contributed by atoms with Crippen LogP contribution in [-0.2, 0) is 5.41 Å². The molecular weight excluding hydrogens is 302 g/mol. The molecule has 0 aliphatic heterocycles. The van der Waals surface area contributed by atoms with Crippen molar-refractivity contribution in [2.75, 3.05) is 5.32 Å². The number of hydrogen-bond donors (Lipinski definition) is 1. The molecule has 0 aliphatic rings. The number of benzene rings is 4. The minimum absolute atomic E-state index is 0.175. The maximum atomic E-state index is 3.62. The van der Waals surface area contributed by atoms with Crippen LogP contribution in [0.3, 0.4) is 0 Å². The molecule has 0 saturated heterocycles. The van der Waals surface area contributed by atoms with E-state index >= 15 is 0 Å². The molecule has 1 heteroatoms. The van der Waals surface area contributed by atoms with Gasteiger partial charge < -0.3 is 5.32 Å². The van der Waals surface area contributed by atoms with Crippen LogP contribution in [0.25, 0.3) is 21.5 Å². The maximum absolute atomic E-state index is 3.62. The predicted molar refractivity (Wildman–Crippen MR) is 110 cm³/mol. The molecule has 1 N–H and O–H groups in total. The van der Waals surface area contributed by atoms with E-state index < -0.39 is 0 Å². The second-order valence-corrected chi connectivity index (χ2v) is 7.64. The zero-order valence-electron chi connectivity index (χ0n) is 15.0. The number of anilines is 2. The Balaban J connectivity index is 1.80. The van der Waals surface area contributed by atoms with Crippen molar-refractivity contribution in [3.63, 3.8) is 0 Å². The summed E-state index contributed by atoms with van der Waals surface area (Å²) in [4.78, 5) is 0. The van der Waals surface area contributed by atoms with Crippen molar-refractivity contribution in [3.05, 3.63) is 84.4 Å². The van der Waals surface area contributed by atoms with Gasteiger partial charge in [-0.2, -0.15) is 0 Å². The lowest BCUT2D eigenvalue weighted by atomic mass is 9.87. The van der Waals surface area contributed by atoms with E-state index in [4.69, 9.17) is 0 Å². The molecule has 0 aromatic heterocycles. The fourth-order valence-corrected chi connectivity index (χ4v) is 3.37. The molecule has 0 aliphatic carbocycles. The summed E-state index contributed by atoms with van der Waals surface area (Å²) >= 11 is 0. The van der Waals surface area contributed by atoms with Crippen molar-refractivity contribution in [1.29, 1.82) is 0 Å². The minimum Gasteiger partial charge on any atom is -0.355 e. The van der Waals surface area contributed by atoms with E-state index in [1.165, 1.54) is 27.1 Å². The Morgan fingerprint density at radius 2 is 1.24 bits per heavy atom. The molecule has 0 bridgehead atoms. The first-order chi connectivity index (χ1) is 12.0. The van der Waals surface area contributed by atoms with E-state index in [1.54, 1.807) is 0 Å². The molecule has 0 atom stereocenters. The number of nitrogens with one attached hydrogen (secondary N) is 1. The molecule has 124 valence electrons. The summed E-state index contributed by atoms with van der Waals surface area (Å²) < 4.78 is 0. The molecule has 4 rings (SSSR count). The van der Waals surface area contributed by atoms with Gasteiger partial charge in [0, 0.05) is 16.8 Å². The van der Waals surface area contributed by atoms with Crippen molar-refractivity contribution >= 4 is 32.9 Å². The van der Waals surface area contributed by atoms with Gasteiger partial charge in [-0.05, 0) is 45.3 Å². The summed E-state index contributed by atoms with van der Waals surface area (Å²) in [6.45, 7) is 6.73. The lowest BCUT2D eigenvalue weighted by molar-refractivity contribution is 0.590. The first-order valence-corrected chi connectivity index (χ1v) is 8.80. The zero-order valence-corrected chi connectivity index (χ0v) is 15.0. The predicted octanol–water partition coefficient (Wildman–Crippen LogP) is 7.03. The number of rotatable bonds is 2. The van der Waals surface area contributed by atoms with Gasteiger partial charge in [-0.1, -0.05) is 81.4 Å². The topological polar surface area (TPSA) is 12.0 Å². The van der Waals surface area contributed by atoms with Crippen LogP contribution in [0, 0.1) is 0 Å². The first kappa shape index (κ1) is 15.7. The molecule has 0 amide bonds. The van der Waals surface area contributed by atoms with Gasteiger partial charge >= 0.3 is 0 Å². The van der Waals surface area contributed by atoms with Gasteiger partial charge in [0.05, 0.1) is 0 Å². The molecule has 0 fully saturated rings. The molecule has 4 aromatic rings. The normalized spacial score (nSPS) is 11.8. The largest absolute Gasteiger partial charge is 0.355 e. The van der Waals surface area contributed by atoms with Gasteiger partial charge in [-0.15, -0.1) is 0 Å². The third kappa shape index (κ3) is 2.98. The van der Waals surface area contributed by atoms with Gasteiger partial charge in [0.1, 0.15) is 0 Å². The fourth-order valence-electron chi connectivity index (χ4n) is 3.37. The Morgan fingerprint density at radius 3 is 1.92 bits per heavy atom. The highest BCUT2D eigenvalue weighted by Gasteiger charge is 2.13. The van der Waals surface area contributed by atoms with Crippen molar-refractivity contribution in [3.8, 4) is 0 Å². The second-order valence-electron chi connectivity index (χ2n) is 7.64. The zero-order chi connectivity index (χ0) is 17.4. The Morgan fingerprint density at radius 1 is 0.640 bits per heavy atom. The highest BCUT2D eigenvalue weighted by Crippen LogP contribution is 2.34. The van der Waals surface area contributed by atoms with Gasteiger partial charge in [-0.3, -0.25) is 0 Å². The first-order valence-electron chi connectivity index (χ1n) is 8.80. The minimum atomic E-state index is 0.175. The average molecular weight is 325 g/mol. The third-order valence-corrected chi connectivity index (χ3v) is 4.80. The summed E-state index contributed by atoms with van der Waals surface area (Å²) in [6, 6.07) is 28.2. The van der Waals surface area contributed by atoms with E-state index in [2.05, 4.69) is 105 Å². The Bertz CT molecular complexity index is 1040. The quantitative estimate of drug-likeness (QED) is 0.390. The molecule has 1 nitrogen and oxygen atoms in total. The summed E-state index contributed by atoms with van der Waals surface area (Å²) in [6.07, 6.45) is 0. The van der Waals surface area contributed by atoms with Crippen molar-refractivity contribution < 1.29 is 0 Å². The van der Waals surface area contributed by atoms with E-state index in [0.29, 0.717) is 0 Å². The van der Waals surface area contributed by atoms with Crippen LogP contribution < -0.4 is 5.32 Å². The van der Waals surface area contributed by atoms with E-state index in [1.807, 2.05) is 0 Å². The Hall–Kier alpha value is -2.80. The molecule has 0 spiro atoms. The average Bonchev–Trinajstić information content (AvgIpc) is 2.62. The van der Waals surface area contributed by atoms with Crippen LogP contribution in [0.5, 0.6) is 0 Å². The fraction of sp³-hybridized carbons (Fsp3) is 0.167. The van der Waals surface area contributed by atoms with Crippen LogP contribution in [-0.4, -0.2) is 0 Å². The lowest BCUT2D eigenvalue weighted by Crippen LogP contribution is -2.10. The monoisotopic (exact) mass is 325 g/mol. The summed E-state index contributed by atoms with van der Waals surface area (Å²) in [5.74, 6) is 0. The number of fused-ring (bicyclic) bond motifs is 3. The van der Waals surface area contributed by atoms with Crippen molar-refractivity contribution in [1.82, 2.24) is 0 Å². The van der Waals surface area contributed by atoms with E-state index in [0.717, 1.165) is 11.4 Å². The molecule has 4 aromatic carbocycles. The van der Waals surface area contributed by atoms with E-state index in [-0.39, 0.29) is 5.41 Å². The van der Waals surface area contributed by atoms with Crippen LogP contribution in [0.1, 0.15) is 26.3 Å². The Labute approximate surface area is 149 Å². The summed E-state index contributed by atoms with van der Waals surface area (Å²) in [5.41, 5.74) is 3.79. The SMILES string of the molecule is CC(C)(C)c1ccc(Nc2cc3ccccc3c3ccccc23)cc1. The highest BCUT2D eigenvalue weighted by atomic mass is 14.9. The summed E-state index contributed by atoms with van der Waals surface area (Å²) in [5, 5.41) is 8.71. The second kappa shape index (κ2) is 5.93. The van der Waals surface area contributed by atoms with Gasteiger partial charge in [0.15, 0.2) is 0 Å². The number of hydrogen-bond acceptors (Lipinski definition) is 1. The van der Waals surface area contributed by atoms with Crippen LogP contribution in [0.2, 0.25) is 0 Å². The standard InChI is InChI=1S/C24H23N/c1-24(2,3)18-12-14-19(15-13-18)25-23-16-17-8-4-5-9-20(17)21-10-6-7-11-22(21)23/h4-16,25H,1-3H3. The third-order valence-electron chi connectivity index (χ3n) is 4.80.